The lowest BCUT2D eigenvalue weighted by atomic mass is 10.1. The van der Waals surface area contributed by atoms with Gasteiger partial charge in [0.1, 0.15) is 12.0 Å². The van der Waals surface area contributed by atoms with Crippen LogP contribution in [-0.4, -0.2) is 10.1 Å². The molecular formula is C16H13N3O3. The summed E-state index contributed by atoms with van der Waals surface area (Å²) in [4.78, 5) is 10.9. The third-order valence-corrected chi connectivity index (χ3v) is 3.29. The fourth-order valence-electron chi connectivity index (χ4n) is 2.15. The van der Waals surface area contributed by atoms with Gasteiger partial charge in [0.25, 0.3) is 5.69 Å². The Morgan fingerprint density at radius 1 is 1.14 bits per heavy atom. The SMILES string of the molecule is O=[N+]([O-])c1cc(-c2cnoc2)ccc1NCc1ccccc1. The molecule has 0 atom stereocenters. The van der Waals surface area contributed by atoms with Crippen molar-refractivity contribution >= 4 is 11.4 Å². The first kappa shape index (κ1) is 13.8. The second-order valence-electron chi connectivity index (χ2n) is 4.74. The topological polar surface area (TPSA) is 81.2 Å². The first-order valence-electron chi connectivity index (χ1n) is 6.70. The Morgan fingerprint density at radius 2 is 1.95 bits per heavy atom. The van der Waals surface area contributed by atoms with Crippen molar-refractivity contribution in [3.63, 3.8) is 0 Å². The van der Waals surface area contributed by atoms with Crippen LogP contribution in [0.25, 0.3) is 11.1 Å². The minimum atomic E-state index is -0.398. The Morgan fingerprint density at radius 3 is 2.64 bits per heavy atom. The van der Waals surface area contributed by atoms with Crippen molar-refractivity contribution in [3.05, 3.63) is 76.7 Å². The highest BCUT2D eigenvalue weighted by atomic mass is 16.6. The molecule has 3 aromatic rings. The van der Waals surface area contributed by atoms with Crippen LogP contribution in [0.1, 0.15) is 5.56 Å². The molecule has 0 spiro atoms. The van der Waals surface area contributed by atoms with E-state index in [0.29, 0.717) is 23.4 Å². The zero-order valence-corrected chi connectivity index (χ0v) is 11.6. The van der Waals surface area contributed by atoms with E-state index in [4.69, 9.17) is 4.52 Å². The van der Waals surface area contributed by atoms with Crippen LogP contribution >= 0.6 is 0 Å². The molecule has 0 aliphatic rings. The molecule has 0 unspecified atom stereocenters. The fraction of sp³-hybridized carbons (Fsp3) is 0.0625. The lowest BCUT2D eigenvalue weighted by molar-refractivity contribution is -0.383. The average Bonchev–Trinajstić information content (AvgIpc) is 3.08. The maximum Gasteiger partial charge on any atom is 0.292 e. The highest BCUT2D eigenvalue weighted by Gasteiger charge is 2.15. The maximum atomic E-state index is 11.3. The zero-order valence-electron chi connectivity index (χ0n) is 11.6. The van der Waals surface area contributed by atoms with E-state index in [1.807, 2.05) is 30.3 Å². The van der Waals surface area contributed by atoms with Crippen LogP contribution < -0.4 is 5.32 Å². The van der Waals surface area contributed by atoms with Crippen LogP contribution in [0.2, 0.25) is 0 Å². The number of nitrogens with one attached hydrogen (secondary N) is 1. The molecule has 0 saturated heterocycles. The third-order valence-electron chi connectivity index (χ3n) is 3.29. The molecule has 22 heavy (non-hydrogen) atoms. The summed E-state index contributed by atoms with van der Waals surface area (Å²) in [5, 5.41) is 18.0. The van der Waals surface area contributed by atoms with Crippen LogP contribution in [0.5, 0.6) is 0 Å². The van der Waals surface area contributed by atoms with E-state index in [-0.39, 0.29) is 5.69 Å². The fourth-order valence-corrected chi connectivity index (χ4v) is 2.15. The predicted octanol–water partition coefficient (Wildman–Crippen LogP) is 3.86. The number of anilines is 1. The Balaban J connectivity index is 1.86. The van der Waals surface area contributed by atoms with E-state index in [1.54, 1.807) is 12.1 Å². The van der Waals surface area contributed by atoms with Crippen molar-refractivity contribution in [2.45, 2.75) is 6.54 Å². The highest BCUT2D eigenvalue weighted by molar-refractivity contribution is 5.72. The molecular weight excluding hydrogens is 282 g/mol. The summed E-state index contributed by atoms with van der Waals surface area (Å²) < 4.78 is 4.77. The summed E-state index contributed by atoms with van der Waals surface area (Å²) in [6.45, 7) is 0.522. The molecule has 6 heteroatoms. The van der Waals surface area contributed by atoms with E-state index >= 15 is 0 Å². The van der Waals surface area contributed by atoms with Gasteiger partial charge in [-0.25, -0.2) is 0 Å². The molecule has 0 radical (unpaired) electrons. The standard InChI is InChI=1S/C16H13N3O3/c20-19(21)16-8-13(14-10-18-22-11-14)6-7-15(16)17-9-12-4-2-1-3-5-12/h1-8,10-11,17H,9H2. The molecule has 1 aromatic heterocycles. The largest absolute Gasteiger partial charge is 0.375 e. The van der Waals surface area contributed by atoms with Gasteiger partial charge < -0.3 is 9.84 Å². The van der Waals surface area contributed by atoms with Crippen molar-refractivity contribution in [3.8, 4) is 11.1 Å². The summed E-state index contributed by atoms with van der Waals surface area (Å²) in [5.41, 5.74) is 2.96. The number of nitro groups is 1. The Labute approximate surface area is 126 Å². The molecule has 110 valence electrons. The maximum absolute atomic E-state index is 11.3. The quantitative estimate of drug-likeness (QED) is 0.571. The van der Waals surface area contributed by atoms with Gasteiger partial charge in [0.15, 0.2) is 0 Å². The summed E-state index contributed by atoms with van der Waals surface area (Å²) in [7, 11) is 0. The summed E-state index contributed by atoms with van der Waals surface area (Å²) in [6, 6.07) is 14.7. The van der Waals surface area contributed by atoms with Crippen LogP contribution in [0.3, 0.4) is 0 Å². The monoisotopic (exact) mass is 295 g/mol. The van der Waals surface area contributed by atoms with Gasteiger partial charge in [-0.3, -0.25) is 10.1 Å². The molecule has 0 bridgehead atoms. The van der Waals surface area contributed by atoms with E-state index in [2.05, 4.69) is 10.5 Å². The van der Waals surface area contributed by atoms with Crippen LogP contribution in [0.15, 0.2) is 65.5 Å². The minimum absolute atomic E-state index is 0.0228. The Kier molecular flexibility index (Phi) is 3.82. The molecule has 6 nitrogen and oxygen atoms in total. The van der Waals surface area contributed by atoms with Gasteiger partial charge in [0.2, 0.25) is 0 Å². The first-order valence-corrected chi connectivity index (χ1v) is 6.70. The Hall–Kier alpha value is -3.15. The van der Waals surface area contributed by atoms with Gasteiger partial charge in [-0.05, 0) is 17.2 Å². The molecule has 1 N–H and O–H groups in total. The molecule has 0 fully saturated rings. The van der Waals surface area contributed by atoms with E-state index in [1.165, 1.54) is 18.5 Å². The van der Waals surface area contributed by atoms with Gasteiger partial charge >= 0.3 is 0 Å². The smallest absolute Gasteiger partial charge is 0.292 e. The van der Waals surface area contributed by atoms with E-state index in [9.17, 15) is 10.1 Å². The third kappa shape index (κ3) is 2.95. The molecule has 0 aliphatic carbocycles. The zero-order chi connectivity index (χ0) is 15.4. The molecule has 1 heterocycles. The molecule has 0 aliphatic heterocycles. The van der Waals surface area contributed by atoms with Crippen molar-refractivity contribution in [2.24, 2.45) is 0 Å². The van der Waals surface area contributed by atoms with Gasteiger partial charge in [-0.1, -0.05) is 41.6 Å². The molecule has 0 saturated carbocycles. The second kappa shape index (κ2) is 6.09. The van der Waals surface area contributed by atoms with Gasteiger partial charge in [-0.15, -0.1) is 0 Å². The van der Waals surface area contributed by atoms with Crippen molar-refractivity contribution in [1.29, 1.82) is 0 Å². The van der Waals surface area contributed by atoms with Crippen LogP contribution in [-0.2, 0) is 6.54 Å². The number of benzene rings is 2. The minimum Gasteiger partial charge on any atom is -0.375 e. The molecule has 3 rings (SSSR count). The second-order valence-corrected chi connectivity index (χ2v) is 4.74. The van der Waals surface area contributed by atoms with Crippen LogP contribution in [0.4, 0.5) is 11.4 Å². The number of rotatable bonds is 5. The molecule has 2 aromatic carbocycles. The van der Waals surface area contributed by atoms with E-state index in [0.717, 1.165) is 5.56 Å². The number of hydrogen-bond donors (Lipinski definition) is 1. The van der Waals surface area contributed by atoms with Crippen molar-refractivity contribution in [1.82, 2.24) is 5.16 Å². The summed E-state index contributed by atoms with van der Waals surface area (Å²) in [5.74, 6) is 0. The normalized spacial score (nSPS) is 10.4. The number of nitro benzene ring substituents is 1. The first-order chi connectivity index (χ1) is 10.7. The van der Waals surface area contributed by atoms with Gasteiger partial charge in [0.05, 0.1) is 11.1 Å². The highest BCUT2D eigenvalue weighted by Crippen LogP contribution is 2.30. The van der Waals surface area contributed by atoms with Crippen LogP contribution in [0, 0.1) is 10.1 Å². The summed E-state index contributed by atoms with van der Waals surface area (Å²) in [6.07, 6.45) is 2.98. The Bertz CT molecular complexity index is 771. The number of hydrogen-bond acceptors (Lipinski definition) is 5. The number of aromatic nitrogens is 1. The average molecular weight is 295 g/mol. The van der Waals surface area contributed by atoms with Crippen molar-refractivity contribution in [2.75, 3.05) is 5.32 Å². The van der Waals surface area contributed by atoms with Crippen molar-refractivity contribution < 1.29 is 9.45 Å². The summed E-state index contributed by atoms with van der Waals surface area (Å²) >= 11 is 0. The van der Waals surface area contributed by atoms with E-state index < -0.39 is 4.92 Å². The van der Waals surface area contributed by atoms with Gasteiger partial charge in [0, 0.05) is 18.2 Å². The number of nitrogens with zero attached hydrogens (tertiary/aromatic N) is 2. The lowest BCUT2D eigenvalue weighted by Crippen LogP contribution is -2.02. The van der Waals surface area contributed by atoms with Gasteiger partial charge in [-0.2, -0.15) is 0 Å². The molecule has 0 amide bonds. The lowest BCUT2D eigenvalue weighted by Gasteiger charge is -2.08. The predicted molar refractivity (Wildman–Crippen MR) is 82.4 cm³/mol.